The number of nitrogens with one attached hydrogen (secondary N) is 4. The first-order valence-electron chi connectivity index (χ1n) is 41.8. The number of aliphatic hydroxyl groups is 4. The smallest absolute Gasteiger partial charge is 0.416 e. The topological polar surface area (TPSA) is 458 Å². The second-order valence-electron chi connectivity index (χ2n) is 31.9. The van der Waals surface area contributed by atoms with E-state index in [1.54, 1.807) is 104 Å². The number of halogens is 3. The van der Waals surface area contributed by atoms with Crippen LogP contribution in [0.2, 0.25) is 0 Å². The van der Waals surface area contributed by atoms with Crippen molar-refractivity contribution in [3.8, 4) is 18.2 Å². The molecular weight excluding hydrogens is 1680 g/mol. The third-order valence-electron chi connectivity index (χ3n) is 23.0. The molecule has 18 rings (SSSR count). The van der Waals surface area contributed by atoms with Crippen molar-refractivity contribution in [3.05, 3.63) is 214 Å². The number of nitriles is 3. The Kier molecular flexibility index (Phi) is 27.1. The van der Waals surface area contributed by atoms with E-state index in [1.807, 2.05) is 81.3 Å². The van der Waals surface area contributed by atoms with E-state index in [-0.39, 0.29) is 98.3 Å². The van der Waals surface area contributed by atoms with Gasteiger partial charge in [-0.25, -0.2) is 24.7 Å². The van der Waals surface area contributed by atoms with Crippen LogP contribution < -0.4 is 40.9 Å². The molecule has 8 heterocycles. The minimum Gasteiger partial charge on any atom is -0.447 e. The molecule has 35 nitrogen and oxygen atoms in total. The van der Waals surface area contributed by atoms with Crippen molar-refractivity contribution in [3.63, 3.8) is 0 Å². The number of fused-ring (bicyclic) bond motifs is 4. The van der Waals surface area contributed by atoms with Gasteiger partial charge in [0.2, 0.25) is 23.8 Å². The van der Waals surface area contributed by atoms with Crippen LogP contribution in [-0.4, -0.2) is 205 Å². The number of alkyl halides is 3. The van der Waals surface area contributed by atoms with Gasteiger partial charge in [-0.05, 0) is 191 Å². The summed E-state index contributed by atoms with van der Waals surface area (Å²) in [6.45, 7) is 6.87. The summed E-state index contributed by atoms with van der Waals surface area (Å²) in [6, 6.07) is 51.2. The van der Waals surface area contributed by atoms with Gasteiger partial charge in [0.05, 0.1) is 124 Å². The van der Waals surface area contributed by atoms with E-state index in [0.29, 0.717) is 181 Å². The van der Waals surface area contributed by atoms with Crippen LogP contribution in [0.15, 0.2) is 170 Å². The lowest BCUT2D eigenvalue weighted by atomic mass is 10.1. The van der Waals surface area contributed by atoms with Crippen LogP contribution in [-0.2, 0) is 59.1 Å². The molecule has 6 aliphatic rings. The fraction of sp³-hybridized carbons (Fsp3) is 0.315. The molecule has 130 heavy (non-hydrogen) atoms. The molecule has 6 fully saturated rings. The molecule has 4 aromatic heterocycles. The average molecular weight is 1770 g/mol. The number of hydrogen-bond donors (Lipinski definition) is 8. The van der Waals surface area contributed by atoms with Crippen molar-refractivity contribution in [2.45, 2.75) is 77.3 Å². The first-order chi connectivity index (χ1) is 62.8. The lowest BCUT2D eigenvalue weighted by molar-refractivity contribution is -0.137. The summed E-state index contributed by atoms with van der Waals surface area (Å²) in [5, 5.41) is 76.8. The number of ether oxygens (including phenoxy) is 4. The fourth-order valence-electron chi connectivity index (χ4n) is 15.5. The highest BCUT2D eigenvalue weighted by Gasteiger charge is 2.45. The van der Waals surface area contributed by atoms with E-state index >= 15 is 0 Å². The van der Waals surface area contributed by atoms with E-state index < -0.39 is 35.6 Å². The Hall–Kier alpha value is -14.8. The van der Waals surface area contributed by atoms with Crippen molar-refractivity contribution in [2.75, 3.05) is 140 Å². The molecule has 2 aliphatic carbocycles. The third-order valence-corrected chi connectivity index (χ3v) is 23.0. The number of aromatic nitrogens is 8. The third kappa shape index (κ3) is 20.3. The zero-order valence-corrected chi connectivity index (χ0v) is 70.2. The SMILES string of the molecule is C[C@H](CCO)n1c(NC(=O)c2cccc(C#N)c2)nc2cc(N3CCOCC3=O)ccc21.N#Cc1cccc(C(=O)Nc2nc3cc(N4CCOC4=O)ccc3n2CCCO)c1.N#Cc1cccc(C(=O)Nc2nc3cc(N4CCOCC4=O)ccc3n2CC2(CO)CC2)c1.O=C(Nc1nc2cc(N3CCOCC3=O)ccc2n1CC1(CO)CC1)c1cccc(C(F)(F)F)c1. The molecule has 0 unspecified atom stereocenters. The lowest BCUT2D eigenvalue weighted by Crippen LogP contribution is -2.41. The van der Waals surface area contributed by atoms with Crippen LogP contribution in [0.3, 0.4) is 0 Å². The van der Waals surface area contributed by atoms with E-state index in [9.17, 15) is 72.0 Å². The first kappa shape index (κ1) is 90.0. The molecule has 8 N–H and O–H groups in total. The number of amides is 8. The summed E-state index contributed by atoms with van der Waals surface area (Å²) < 4.78 is 67.2. The number of nitrogens with zero attached hydrogens (tertiary/aromatic N) is 15. The summed E-state index contributed by atoms with van der Waals surface area (Å²) in [6.07, 6.45) is -0.589. The molecule has 8 aromatic carbocycles. The van der Waals surface area contributed by atoms with Gasteiger partial charge in [0, 0.05) is 114 Å². The molecule has 12 aromatic rings. The second-order valence-corrected chi connectivity index (χ2v) is 31.9. The van der Waals surface area contributed by atoms with Crippen molar-refractivity contribution >= 4 is 138 Å². The predicted molar refractivity (Wildman–Crippen MR) is 469 cm³/mol. The Bertz CT molecular complexity index is 6510. The summed E-state index contributed by atoms with van der Waals surface area (Å²) in [7, 11) is 0. The highest BCUT2D eigenvalue weighted by Crippen LogP contribution is 2.49. The van der Waals surface area contributed by atoms with Crippen molar-refractivity contribution in [2.24, 2.45) is 10.8 Å². The van der Waals surface area contributed by atoms with E-state index in [4.69, 9.17) is 34.7 Å². The Labute approximate surface area is 740 Å². The maximum absolute atomic E-state index is 13.1. The van der Waals surface area contributed by atoms with Gasteiger partial charge in [0.1, 0.15) is 26.4 Å². The van der Waals surface area contributed by atoms with E-state index in [0.717, 1.165) is 60.1 Å². The molecule has 4 saturated heterocycles. The van der Waals surface area contributed by atoms with Crippen molar-refractivity contribution < 1.29 is 90.9 Å². The first-order valence-corrected chi connectivity index (χ1v) is 41.8. The van der Waals surface area contributed by atoms with Gasteiger partial charge in [-0.2, -0.15) is 29.0 Å². The highest BCUT2D eigenvalue weighted by atomic mass is 19.4. The van der Waals surface area contributed by atoms with Gasteiger partial charge in [-0.15, -0.1) is 0 Å². The number of benzene rings is 8. The van der Waals surface area contributed by atoms with Crippen LogP contribution in [0.1, 0.15) is 115 Å². The number of rotatable bonds is 24. The van der Waals surface area contributed by atoms with Crippen molar-refractivity contribution in [1.29, 1.82) is 15.8 Å². The Morgan fingerprint density at radius 1 is 0.446 bits per heavy atom. The van der Waals surface area contributed by atoms with Crippen LogP contribution >= 0.6 is 0 Å². The second kappa shape index (κ2) is 39.2. The van der Waals surface area contributed by atoms with Gasteiger partial charge in [0.25, 0.3) is 41.4 Å². The van der Waals surface area contributed by atoms with Crippen LogP contribution in [0.25, 0.3) is 44.1 Å². The average Bonchev–Trinajstić information content (AvgIpc) is 1.61. The van der Waals surface area contributed by atoms with E-state index in [2.05, 4.69) is 41.2 Å². The van der Waals surface area contributed by atoms with Gasteiger partial charge >= 0.3 is 12.3 Å². The molecule has 38 heteroatoms. The summed E-state index contributed by atoms with van der Waals surface area (Å²) >= 11 is 0. The largest absolute Gasteiger partial charge is 0.447 e. The van der Waals surface area contributed by atoms with Gasteiger partial charge < -0.3 is 72.3 Å². The number of imidazole rings is 4. The van der Waals surface area contributed by atoms with Crippen molar-refractivity contribution in [1.82, 2.24) is 38.2 Å². The Balaban J connectivity index is 0.000000133. The maximum atomic E-state index is 13.1. The zero-order chi connectivity index (χ0) is 91.5. The maximum Gasteiger partial charge on any atom is 0.416 e. The number of carbonyl (C=O) groups excluding carboxylic acids is 8. The summed E-state index contributed by atoms with van der Waals surface area (Å²) in [5.41, 5.74) is 8.72. The monoisotopic (exact) mass is 1770 g/mol. The Morgan fingerprint density at radius 3 is 1.16 bits per heavy atom. The fourth-order valence-corrected chi connectivity index (χ4v) is 15.5. The van der Waals surface area contributed by atoms with Gasteiger partial charge in [0.15, 0.2) is 0 Å². The molecule has 0 bridgehead atoms. The molecule has 8 amide bonds. The van der Waals surface area contributed by atoms with Crippen LogP contribution in [0, 0.1) is 44.8 Å². The quantitative estimate of drug-likeness (QED) is 0.0278. The molecule has 0 spiro atoms. The number of carbonyl (C=O) groups is 8. The molecular formula is C92H88F3N19O16. The van der Waals surface area contributed by atoms with Gasteiger partial charge in [-0.1, -0.05) is 24.3 Å². The highest BCUT2D eigenvalue weighted by molar-refractivity contribution is 6.08. The molecule has 2 saturated carbocycles. The summed E-state index contributed by atoms with van der Waals surface area (Å²) in [4.78, 5) is 125. The standard InChI is InChI=1S/C24H23F3N4O4.C24H23N5O4.C23H23N5O4.C21H19N5O4/c25-24(26,27)16-3-1-2-15(10-16)21(34)29-22-28-18-11-17(30-8-9-35-12-20(30)33)4-5-19(18)31(22)13-23(14-32)6-7-23;25-12-16-2-1-3-17(10-16)22(32)27-23-26-19-11-18(28-8-9-33-13-21(28)31)4-5-20(19)29(23)14-24(15-30)6-7-24;1-15(7-9-29)28-20-6-5-18(27-8-10-32-14-21(27)30)12-19(20)25-23(28)26-22(31)17-4-2-3-16(11-17)13-24;22-13-14-3-1-4-15(11-14)19(28)24-20-23-17-12-16(25-8-10-30-21(25)29)5-6-18(17)26(20)7-2-9-27/h1-5,10-11,32H,6-9,12-14H2,(H,28,29,34);1-5,10-11,30H,6-9,13-15H2,(H,26,27,32);2-6,11-12,15,29H,7-10,14H2,1H3,(H,25,26,31);1,3-6,11-12,27H,2,7-10H2,(H,23,24,28)/t;;15-;/m..1./s1. The minimum atomic E-state index is -4.57. The lowest BCUT2D eigenvalue weighted by Gasteiger charge is -2.26. The Morgan fingerprint density at radius 2 is 0.800 bits per heavy atom. The molecule has 4 aliphatic heterocycles. The summed E-state index contributed by atoms with van der Waals surface area (Å²) in [5.74, 6) is -1.11. The van der Waals surface area contributed by atoms with E-state index in [1.165, 1.54) is 35.2 Å². The van der Waals surface area contributed by atoms with Crippen LogP contribution in [0.5, 0.6) is 0 Å². The minimum absolute atomic E-state index is 0.00498. The number of morpholine rings is 3. The van der Waals surface area contributed by atoms with Crippen LogP contribution in [0.4, 0.5) is 64.5 Å². The molecule has 0 radical (unpaired) electrons. The number of anilines is 8. The predicted octanol–water partition coefficient (Wildman–Crippen LogP) is 10.7. The molecule has 1 atom stereocenters. The number of hydrogen-bond acceptors (Lipinski definition) is 23. The number of aliphatic hydroxyl groups excluding tert-OH is 4. The molecule has 668 valence electrons. The normalized spacial score (nSPS) is 15.8. The zero-order valence-electron chi connectivity index (χ0n) is 70.2. The number of aryl methyl sites for hydroxylation is 1. The van der Waals surface area contributed by atoms with Gasteiger partial charge in [-0.3, -0.25) is 59.7 Å². The number of cyclic esters (lactones) is 1.